The maximum absolute atomic E-state index is 11.2. The van der Waals surface area contributed by atoms with E-state index in [0.717, 1.165) is 5.69 Å². The molecule has 1 aliphatic heterocycles. The number of rotatable bonds is 3. The third-order valence-corrected chi connectivity index (χ3v) is 4.10. The van der Waals surface area contributed by atoms with E-state index in [4.69, 9.17) is 21.8 Å². The molecule has 8 heteroatoms. The van der Waals surface area contributed by atoms with Gasteiger partial charge in [-0.25, -0.2) is 9.80 Å². The van der Waals surface area contributed by atoms with Gasteiger partial charge in [0, 0.05) is 16.8 Å². The fourth-order valence-electron chi connectivity index (χ4n) is 2.33. The van der Waals surface area contributed by atoms with Crippen molar-refractivity contribution < 1.29 is 24.6 Å². The molecule has 0 spiro atoms. The van der Waals surface area contributed by atoms with Crippen LogP contribution in [0, 0.1) is 5.41 Å². The van der Waals surface area contributed by atoms with Gasteiger partial charge in [-0.3, -0.25) is 9.59 Å². The van der Waals surface area contributed by atoms with E-state index in [1.54, 1.807) is 30.5 Å². The zero-order chi connectivity index (χ0) is 19.3. The maximum atomic E-state index is 11.2. The second kappa shape index (κ2) is 7.97. The Labute approximate surface area is 154 Å². The number of hydrogen-bond acceptors (Lipinski definition) is 4. The molecule has 7 nitrogen and oxygen atoms in total. The molecule has 1 unspecified atom stereocenters. The van der Waals surface area contributed by atoms with Crippen molar-refractivity contribution in [3.63, 3.8) is 0 Å². The summed E-state index contributed by atoms with van der Waals surface area (Å²) in [4.78, 5) is 32.6. The van der Waals surface area contributed by atoms with Gasteiger partial charge in [0.15, 0.2) is 0 Å². The lowest BCUT2D eigenvalue weighted by Gasteiger charge is -2.23. The highest BCUT2D eigenvalue weighted by molar-refractivity contribution is 6.30. The first-order valence-corrected chi connectivity index (χ1v) is 8.07. The van der Waals surface area contributed by atoms with Gasteiger partial charge in [0.1, 0.15) is 0 Å². The molecular formula is C18H17ClN2O5. The highest BCUT2D eigenvalue weighted by Crippen LogP contribution is 2.31. The average molecular weight is 377 g/mol. The van der Waals surface area contributed by atoms with Gasteiger partial charge in [0.05, 0.1) is 17.5 Å². The number of benzene rings is 1. The van der Waals surface area contributed by atoms with E-state index in [0.29, 0.717) is 11.4 Å². The van der Waals surface area contributed by atoms with Crippen LogP contribution in [0.2, 0.25) is 5.02 Å². The molecular weight excluding hydrogens is 360 g/mol. The standard InChI is InChI=1S/C9H7ClN2O.C9H10O4/c10-7-1-3-8(4-2-7)12-9(13)5-6-11-12;1-9(8(12)13)4-2-3-6(5-9)7(10)11/h1-4,6H,5H2;2-4H,5H2,1H3,(H,10,11)(H,12,13). The molecule has 2 aliphatic rings. The SMILES string of the molecule is CC1(C(=O)O)C=CC=C(C(=O)O)C1.O=C1CC=NN1c1ccc(Cl)cc1. The average Bonchev–Trinajstić information content (AvgIpc) is 3.02. The highest BCUT2D eigenvalue weighted by atomic mass is 35.5. The summed E-state index contributed by atoms with van der Waals surface area (Å²) in [7, 11) is 0. The minimum Gasteiger partial charge on any atom is -0.481 e. The smallest absolute Gasteiger partial charge is 0.331 e. The van der Waals surface area contributed by atoms with Crippen LogP contribution < -0.4 is 5.01 Å². The summed E-state index contributed by atoms with van der Waals surface area (Å²) in [6.07, 6.45) is 6.41. The van der Waals surface area contributed by atoms with Gasteiger partial charge in [0.2, 0.25) is 0 Å². The molecule has 0 aromatic heterocycles. The number of carboxylic acids is 2. The largest absolute Gasteiger partial charge is 0.481 e. The molecule has 136 valence electrons. The van der Waals surface area contributed by atoms with Crippen LogP contribution in [0.5, 0.6) is 0 Å². The van der Waals surface area contributed by atoms with Gasteiger partial charge >= 0.3 is 11.9 Å². The molecule has 1 atom stereocenters. The molecule has 1 aromatic rings. The van der Waals surface area contributed by atoms with Crippen molar-refractivity contribution >= 4 is 41.3 Å². The van der Waals surface area contributed by atoms with E-state index in [2.05, 4.69) is 5.10 Å². The first-order valence-electron chi connectivity index (χ1n) is 7.69. The van der Waals surface area contributed by atoms with E-state index in [-0.39, 0.29) is 17.9 Å². The summed E-state index contributed by atoms with van der Waals surface area (Å²) in [6, 6.07) is 7.00. The molecule has 0 radical (unpaired) electrons. The molecule has 0 bridgehead atoms. The molecule has 0 fully saturated rings. The Kier molecular flexibility index (Phi) is 5.94. The van der Waals surface area contributed by atoms with Crippen LogP contribution in [0.25, 0.3) is 0 Å². The number of halogens is 1. The summed E-state index contributed by atoms with van der Waals surface area (Å²) in [6.45, 7) is 1.50. The Bertz CT molecular complexity index is 813. The monoisotopic (exact) mass is 376 g/mol. The van der Waals surface area contributed by atoms with Crippen LogP contribution in [-0.4, -0.2) is 34.3 Å². The zero-order valence-corrected chi connectivity index (χ0v) is 14.7. The summed E-state index contributed by atoms with van der Waals surface area (Å²) in [5.41, 5.74) is -0.196. The van der Waals surface area contributed by atoms with Crippen molar-refractivity contribution in [2.45, 2.75) is 19.8 Å². The van der Waals surface area contributed by atoms with Crippen molar-refractivity contribution in [3.8, 4) is 0 Å². The van der Waals surface area contributed by atoms with Gasteiger partial charge in [-0.15, -0.1) is 0 Å². The lowest BCUT2D eigenvalue weighted by Crippen LogP contribution is -2.28. The molecule has 2 N–H and O–H groups in total. The minimum absolute atomic E-state index is 0.0117. The van der Waals surface area contributed by atoms with Crippen LogP contribution in [0.4, 0.5) is 5.69 Å². The van der Waals surface area contributed by atoms with Gasteiger partial charge in [-0.05, 0) is 37.6 Å². The second-order valence-electron chi connectivity index (χ2n) is 5.94. The molecule has 1 aliphatic carbocycles. The Morgan fingerprint density at radius 3 is 2.38 bits per heavy atom. The van der Waals surface area contributed by atoms with E-state index in [1.165, 1.54) is 30.2 Å². The number of aliphatic carboxylic acids is 2. The number of allylic oxidation sites excluding steroid dienone is 2. The fourth-order valence-corrected chi connectivity index (χ4v) is 2.45. The number of amides is 1. The van der Waals surface area contributed by atoms with Crippen molar-refractivity contribution in [3.05, 3.63) is 53.1 Å². The number of hydrogen-bond donors (Lipinski definition) is 2. The Morgan fingerprint density at radius 2 is 1.88 bits per heavy atom. The van der Waals surface area contributed by atoms with Crippen LogP contribution >= 0.6 is 11.6 Å². The normalized spacial score (nSPS) is 21.1. The Balaban J connectivity index is 0.000000187. The molecule has 1 aromatic carbocycles. The maximum Gasteiger partial charge on any atom is 0.331 e. The summed E-state index contributed by atoms with van der Waals surface area (Å²) >= 11 is 5.71. The van der Waals surface area contributed by atoms with Crippen LogP contribution in [-0.2, 0) is 14.4 Å². The molecule has 1 amide bonds. The second-order valence-corrected chi connectivity index (χ2v) is 6.38. The fraction of sp³-hybridized carbons (Fsp3) is 0.222. The third kappa shape index (κ3) is 4.58. The summed E-state index contributed by atoms with van der Waals surface area (Å²) < 4.78 is 0. The van der Waals surface area contributed by atoms with Gasteiger partial charge in [0.25, 0.3) is 5.91 Å². The van der Waals surface area contributed by atoms with Crippen molar-refractivity contribution in [2.24, 2.45) is 10.5 Å². The van der Waals surface area contributed by atoms with E-state index in [1.807, 2.05) is 0 Å². The Morgan fingerprint density at radius 1 is 1.23 bits per heavy atom. The number of carboxylic acid groups (broad SMARTS) is 2. The van der Waals surface area contributed by atoms with Gasteiger partial charge in [-0.1, -0.05) is 29.8 Å². The third-order valence-electron chi connectivity index (χ3n) is 3.85. The first kappa shape index (κ1) is 19.4. The van der Waals surface area contributed by atoms with E-state index < -0.39 is 17.4 Å². The molecule has 0 saturated heterocycles. The summed E-state index contributed by atoms with van der Waals surface area (Å²) in [5, 5.41) is 23.4. The number of anilines is 1. The predicted octanol–water partition coefficient (Wildman–Crippen LogP) is 3.11. The predicted molar refractivity (Wildman–Crippen MR) is 97.3 cm³/mol. The zero-order valence-electron chi connectivity index (χ0n) is 13.9. The van der Waals surface area contributed by atoms with E-state index in [9.17, 15) is 14.4 Å². The minimum atomic E-state index is -1.08. The van der Waals surface area contributed by atoms with Gasteiger partial charge < -0.3 is 10.2 Å². The topological polar surface area (TPSA) is 107 Å². The lowest BCUT2D eigenvalue weighted by molar-refractivity contribution is -0.145. The van der Waals surface area contributed by atoms with Crippen molar-refractivity contribution in [1.29, 1.82) is 0 Å². The molecule has 3 rings (SSSR count). The number of carbonyl (C=O) groups excluding carboxylic acids is 1. The van der Waals surface area contributed by atoms with Gasteiger partial charge in [-0.2, -0.15) is 5.10 Å². The van der Waals surface area contributed by atoms with Crippen molar-refractivity contribution in [1.82, 2.24) is 0 Å². The summed E-state index contributed by atoms with van der Waals surface area (Å²) in [5.74, 6) is -2.07. The number of carbonyl (C=O) groups is 3. The van der Waals surface area contributed by atoms with E-state index >= 15 is 0 Å². The molecule has 0 saturated carbocycles. The first-order chi connectivity index (χ1) is 12.2. The van der Waals surface area contributed by atoms with Crippen LogP contribution in [0.15, 0.2) is 53.2 Å². The number of nitrogens with zero attached hydrogens (tertiary/aromatic N) is 2. The number of hydrazone groups is 1. The lowest BCUT2D eigenvalue weighted by atomic mass is 9.80. The molecule has 26 heavy (non-hydrogen) atoms. The Hall–Kier alpha value is -2.93. The van der Waals surface area contributed by atoms with Crippen LogP contribution in [0.1, 0.15) is 19.8 Å². The molecule has 1 heterocycles. The quantitative estimate of drug-likeness (QED) is 0.842. The van der Waals surface area contributed by atoms with Crippen molar-refractivity contribution in [2.75, 3.05) is 5.01 Å². The highest BCUT2D eigenvalue weighted by Gasteiger charge is 2.34. The van der Waals surface area contributed by atoms with Crippen LogP contribution in [0.3, 0.4) is 0 Å².